The highest BCUT2D eigenvalue weighted by Crippen LogP contribution is 2.53. The molecule has 1 aromatic heterocycles. The third-order valence-corrected chi connectivity index (χ3v) is 7.26. The van der Waals surface area contributed by atoms with E-state index in [1.165, 1.54) is 17.7 Å². The lowest BCUT2D eigenvalue weighted by molar-refractivity contribution is -0.137. The number of benzene rings is 2. The Labute approximate surface area is 193 Å². The number of carbonyl (C=O) groups excluding carboxylic acids is 1. The molecule has 2 atom stereocenters. The van der Waals surface area contributed by atoms with Gasteiger partial charge < -0.3 is 9.64 Å². The predicted octanol–water partition coefficient (Wildman–Crippen LogP) is 5.03. The van der Waals surface area contributed by atoms with Crippen molar-refractivity contribution in [3.8, 4) is 11.4 Å². The van der Waals surface area contributed by atoms with Gasteiger partial charge >= 0.3 is 0 Å². The molecule has 170 valence electrons. The highest BCUT2D eigenvalue weighted by molar-refractivity contribution is 5.82. The molecule has 0 N–H and O–H groups in total. The number of carbonyl (C=O) groups is 1. The molecule has 2 aliphatic carbocycles. The molecule has 0 saturated heterocycles. The Balaban J connectivity index is 1.38. The van der Waals surface area contributed by atoms with Crippen molar-refractivity contribution < 1.29 is 13.9 Å². The summed E-state index contributed by atoms with van der Waals surface area (Å²) < 4.78 is 20.6. The van der Waals surface area contributed by atoms with E-state index in [2.05, 4.69) is 18.1 Å². The van der Waals surface area contributed by atoms with E-state index in [9.17, 15) is 9.18 Å². The molecule has 3 aromatic rings. The normalized spacial score (nSPS) is 21.2. The fraction of sp³-hybridized carbons (Fsp3) is 0.333. The minimum absolute atomic E-state index is 0.0679. The number of hydrogen-bond acceptors (Lipinski definition) is 3. The number of halogens is 1. The largest absolute Gasteiger partial charge is 0.497 e. The van der Waals surface area contributed by atoms with Gasteiger partial charge in [0, 0.05) is 24.9 Å². The number of hydrogen-bond donors (Lipinski definition) is 0. The molecule has 1 amide bonds. The maximum absolute atomic E-state index is 13.5. The minimum atomic E-state index is -0.263. The van der Waals surface area contributed by atoms with Crippen LogP contribution in [0.2, 0.25) is 0 Å². The second kappa shape index (κ2) is 8.18. The molecule has 2 aromatic carbocycles. The second-order valence-corrected chi connectivity index (χ2v) is 9.34. The van der Waals surface area contributed by atoms with Crippen LogP contribution in [0.5, 0.6) is 5.75 Å². The summed E-state index contributed by atoms with van der Waals surface area (Å²) in [7, 11) is 3.53. The van der Waals surface area contributed by atoms with E-state index >= 15 is 0 Å². The average molecular weight is 446 g/mol. The average Bonchev–Trinajstić information content (AvgIpc) is 3.37. The highest BCUT2D eigenvalue weighted by Gasteiger charge is 2.49. The molecular formula is C27H28FN3O2. The van der Waals surface area contributed by atoms with Gasteiger partial charge in [-0.25, -0.2) is 9.07 Å². The second-order valence-electron chi connectivity index (χ2n) is 9.34. The SMILES string of the molecule is COc1cccc(CN(C)C(=O)[C@H]2CCC3=Cc4c(cnn4-c4ccc(F)cc4)C[C@@]32C)c1. The molecule has 1 heterocycles. The van der Waals surface area contributed by atoms with Crippen LogP contribution in [0.4, 0.5) is 4.39 Å². The van der Waals surface area contributed by atoms with Crippen LogP contribution in [0.25, 0.3) is 11.8 Å². The van der Waals surface area contributed by atoms with Gasteiger partial charge in [-0.15, -0.1) is 0 Å². The molecule has 5 rings (SSSR count). The molecule has 5 nitrogen and oxygen atoms in total. The Morgan fingerprint density at radius 1 is 1.27 bits per heavy atom. The first-order valence-electron chi connectivity index (χ1n) is 11.3. The fourth-order valence-electron chi connectivity index (χ4n) is 5.42. The maximum atomic E-state index is 13.5. The van der Waals surface area contributed by atoms with Crippen LogP contribution in [0, 0.1) is 17.2 Å². The first-order valence-corrected chi connectivity index (χ1v) is 11.3. The lowest BCUT2D eigenvalue weighted by Crippen LogP contribution is -2.40. The number of rotatable bonds is 5. The third-order valence-electron chi connectivity index (χ3n) is 7.26. The Hall–Kier alpha value is -3.41. The Morgan fingerprint density at radius 2 is 2.06 bits per heavy atom. The lowest BCUT2D eigenvalue weighted by atomic mass is 9.69. The van der Waals surface area contributed by atoms with Gasteiger partial charge in [-0.05, 0) is 72.9 Å². The van der Waals surface area contributed by atoms with Crippen molar-refractivity contribution in [2.24, 2.45) is 11.3 Å². The summed E-state index contributed by atoms with van der Waals surface area (Å²) in [4.78, 5) is 15.4. The molecule has 0 radical (unpaired) electrons. The van der Waals surface area contributed by atoms with Crippen molar-refractivity contribution in [1.29, 1.82) is 0 Å². The monoisotopic (exact) mass is 445 g/mol. The van der Waals surface area contributed by atoms with Gasteiger partial charge in [0.25, 0.3) is 0 Å². The van der Waals surface area contributed by atoms with Crippen LogP contribution in [-0.2, 0) is 17.8 Å². The smallest absolute Gasteiger partial charge is 0.226 e. The van der Waals surface area contributed by atoms with Crippen LogP contribution >= 0.6 is 0 Å². The van der Waals surface area contributed by atoms with Crippen LogP contribution in [-0.4, -0.2) is 34.7 Å². The van der Waals surface area contributed by atoms with Crippen LogP contribution in [0.3, 0.4) is 0 Å². The lowest BCUT2D eigenvalue weighted by Gasteiger charge is -2.36. The summed E-state index contributed by atoms with van der Waals surface area (Å²) >= 11 is 0. The molecule has 33 heavy (non-hydrogen) atoms. The number of fused-ring (bicyclic) bond motifs is 2. The first-order chi connectivity index (χ1) is 15.9. The zero-order chi connectivity index (χ0) is 23.2. The number of aromatic nitrogens is 2. The van der Waals surface area contributed by atoms with Crippen LogP contribution in [0.1, 0.15) is 36.6 Å². The van der Waals surface area contributed by atoms with Crippen molar-refractivity contribution >= 4 is 12.0 Å². The van der Waals surface area contributed by atoms with E-state index in [0.29, 0.717) is 6.54 Å². The van der Waals surface area contributed by atoms with Crippen LogP contribution in [0.15, 0.2) is 60.3 Å². The quantitative estimate of drug-likeness (QED) is 0.553. The Bertz CT molecular complexity index is 1230. The Morgan fingerprint density at radius 3 is 2.82 bits per heavy atom. The van der Waals surface area contributed by atoms with Gasteiger partial charge in [-0.2, -0.15) is 5.10 Å². The summed E-state index contributed by atoms with van der Waals surface area (Å²) in [5, 5.41) is 4.58. The van der Waals surface area contributed by atoms with E-state index in [4.69, 9.17) is 4.74 Å². The van der Waals surface area contributed by atoms with Gasteiger partial charge in [0.2, 0.25) is 5.91 Å². The van der Waals surface area contributed by atoms with Crippen molar-refractivity contribution in [3.05, 3.63) is 82.9 Å². The van der Waals surface area contributed by atoms with Crippen molar-refractivity contribution in [2.75, 3.05) is 14.2 Å². The van der Waals surface area contributed by atoms with E-state index < -0.39 is 0 Å². The van der Waals surface area contributed by atoms with E-state index in [1.54, 1.807) is 19.2 Å². The van der Waals surface area contributed by atoms with Crippen LogP contribution < -0.4 is 4.74 Å². The number of amides is 1. The molecule has 1 fully saturated rings. The molecule has 2 aliphatic rings. The van der Waals surface area contributed by atoms with E-state index in [-0.39, 0.29) is 23.1 Å². The number of nitrogens with zero attached hydrogens (tertiary/aromatic N) is 3. The molecular weight excluding hydrogens is 417 g/mol. The number of ether oxygens (including phenoxy) is 1. The fourth-order valence-corrected chi connectivity index (χ4v) is 5.42. The molecule has 0 aliphatic heterocycles. The van der Waals surface area contributed by atoms with E-state index in [1.807, 2.05) is 47.1 Å². The zero-order valence-corrected chi connectivity index (χ0v) is 19.2. The first kappa shape index (κ1) is 21.4. The standard InChI is InChI=1S/C27H28FN3O2/c1-27-15-19-16-29-31(22-10-8-21(28)9-11-22)25(19)14-20(27)7-12-24(27)26(32)30(2)17-18-5-4-6-23(13-18)33-3/h4-6,8-11,13-14,16,24H,7,12,15,17H2,1-3H3/t24-,27+/m1/s1. The molecule has 0 spiro atoms. The number of methoxy groups -OCH3 is 1. The summed E-state index contributed by atoms with van der Waals surface area (Å²) in [6, 6.07) is 14.2. The van der Waals surface area contributed by atoms with Gasteiger partial charge in [0.05, 0.1) is 24.7 Å². The molecule has 0 unspecified atom stereocenters. The minimum Gasteiger partial charge on any atom is -0.497 e. The summed E-state index contributed by atoms with van der Waals surface area (Å²) in [6.45, 7) is 2.77. The van der Waals surface area contributed by atoms with Crippen molar-refractivity contribution in [1.82, 2.24) is 14.7 Å². The van der Waals surface area contributed by atoms with Gasteiger partial charge in [-0.3, -0.25) is 4.79 Å². The molecule has 1 saturated carbocycles. The summed E-state index contributed by atoms with van der Waals surface area (Å²) in [6.07, 6.45) is 6.60. The van der Waals surface area contributed by atoms with E-state index in [0.717, 1.165) is 47.5 Å². The third kappa shape index (κ3) is 3.73. The molecule has 0 bridgehead atoms. The summed E-state index contributed by atoms with van der Waals surface area (Å²) in [5.41, 5.74) is 5.13. The van der Waals surface area contributed by atoms with Gasteiger partial charge in [-0.1, -0.05) is 24.6 Å². The number of allylic oxidation sites excluding steroid dienone is 1. The highest BCUT2D eigenvalue weighted by atomic mass is 19.1. The predicted molar refractivity (Wildman–Crippen MR) is 126 cm³/mol. The van der Waals surface area contributed by atoms with Gasteiger partial charge in [0.1, 0.15) is 11.6 Å². The molecule has 6 heteroatoms. The van der Waals surface area contributed by atoms with Crippen molar-refractivity contribution in [3.63, 3.8) is 0 Å². The van der Waals surface area contributed by atoms with Crippen molar-refractivity contribution in [2.45, 2.75) is 32.7 Å². The Kier molecular flexibility index (Phi) is 5.31. The maximum Gasteiger partial charge on any atom is 0.226 e. The summed E-state index contributed by atoms with van der Waals surface area (Å²) in [5.74, 6) is 0.644. The topological polar surface area (TPSA) is 47.4 Å². The van der Waals surface area contributed by atoms with Gasteiger partial charge in [0.15, 0.2) is 0 Å². The zero-order valence-electron chi connectivity index (χ0n) is 19.2.